The summed E-state index contributed by atoms with van der Waals surface area (Å²) in [5, 5.41) is 4.69. The molecule has 0 bridgehead atoms. The summed E-state index contributed by atoms with van der Waals surface area (Å²) in [5.74, 6) is -0.716. The first kappa shape index (κ1) is 16.0. The first-order valence-corrected chi connectivity index (χ1v) is 7.26. The molecule has 1 aromatic rings. The molecule has 116 valence electrons. The normalized spacial score (nSPS) is 22.4. The molecule has 0 spiro atoms. The standard InChI is InChI=1S/C14H19ClN2O4/c1-4-21-13(19)14(8-20-6-5-11(14)18)7-10-12(15)9(2)16-17(10)3/h4-8H2,1-3H3. The minimum Gasteiger partial charge on any atom is -0.465 e. The van der Waals surface area contributed by atoms with Crippen molar-refractivity contribution in [2.45, 2.75) is 26.7 Å². The zero-order chi connectivity index (χ0) is 15.6. The van der Waals surface area contributed by atoms with Crippen molar-refractivity contribution in [3.63, 3.8) is 0 Å². The molecule has 2 heterocycles. The first-order valence-electron chi connectivity index (χ1n) is 6.88. The number of aromatic nitrogens is 2. The lowest BCUT2D eigenvalue weighted by Crippen LogP contribution is -2.50. The van der Waals surface area contributed by atoms with Crippen molar-refractivity contribution in [3.8, 4) is 0 Å². The van der Waals surface area contributed by atoms with Crippen LogP contribution in [0.3, 0.4) is 0 Å². The Morgan fingerprint density at radius 2 is 2.29 bits per heavy atom. The molecule has 0 aliphatic carbocycles. The van der Waals surface area contributed by atoms with Crippen molar-refractivity contribution < 1.29 is 19.1 Å². The van der Waals surface area contributed by atoms with Gasteiger partial charge in [-0.1, -0.05) is 11.6 Å². The van der Waals surface area contributed by atoms with Gasteiger partial charge in [0, 0.05) is 19.9 Å². The summed E-state index contributed by atoms with van der Waals surface area (Å²) in [6.45, 7) is 4.05. The van der Waals surface area contributed by atoms with E-state index in [2.05, 4.69) is 5.10 Å². The van der Waals surface area contributed by atoms with E-state index in [0.29, 0.717) is 23.0 Å². The number of carbonyl (C=O) groups excluding carboxylic acids is 2. The van der Waals surface area contributed by atoms with Crippen molar-refractivity contribution in [1.29, 1.82) is 0 Å². The van der Waals surface area contributed by atoms with E-state index in [1.54, 1.807) is 25.6 Å². The number of carbonyl (C=O) groups is 2. The Hall–Kier alpha value is -1.40. The minimum absolute atomic E-state index is 0.0191. The Morgan fingerprint density at radius 1 is 1.57 bits per heavy atom. The van der Waals surface area contributed by atoms with Gasteiger partial charge >= 0.3 is 5.97 Å². The molecule has 1 aliphatic rings. The van der Waals surface area contributed by atoms with Gasteiger partial charge < -0.3 is 9.47 Å². The topological polar surface area (TPSA) is 70.4 Å². The number of ether oxygens (including phenoxy) is 2. The van der Waals surface area contributed by atoms with E-state index in [4.69, 9.17) is 21.1 Å². The number of Topliss-reactive ketones (excluding diaryl/α,β-unsaturated/α-hetero) is 1. The monoisotopic (exact) mass is 314 g/mol. The molecule has 1 atom stereocenters. The molecule has 6 nitrogen and oxygen atoms in total. The van der Waals surface area contributed by atoms with Gasteiger partial charge in [0.1, 0.15) is 0 Å². The average molecular weight is 315 g/mol. The third-order valence-electron chi connectivity index (χ3n) is 3.75. The molecule has 7 heteroatoms. The van der Waals surface area contributed by atoms with Gasteiger partial charge in [0.15, 0.2) is 11.2 Å². The average Bonchev–Trinajstić information content (AvgIpc) is 2.68. The highest BCUT2D eigenvalue weighted by Crippen LogP contribution is 2.34. The van der Waals surface area contributed by atoms with Crippen LogP contribution in [0.15, 0.2) is 0 Å². The van der Waals surface area contributed by atoms with Crippen molar-refractivity contribution in [1.82, 2.24) is 9.78 Å². The second-order valence-electron chi connectivity index (χ2n) is 5.17. The number of hydrogen-bond acceptors (Lipinski definition) is 5. The van der Waals surface area contributed by atoms with E-state index in [1.807, 2.05) is 0 Å². The van der Waals surface area contributed by atoms with Crippen molar-refractivity contribution in [2.24, 2.45) is 12.5 Å². The highest BCUT2D eigenvalue weighted by molar-refractivity contribution is 6.32. The van der Waals surface area contributed by atoms with E-state index < -0.39 is 11.4 Å². The quantitative estimate of drug-likeness (QED) is 0.621. The van der Waals surface area contributed by atoms with E-state index in [1.165, 1.54) is 0 Å². The van der Waals surface area contributed by atoms with Gasteiger partial charge in [-0.2, -0.15) is 5.10 Å². The summed E-state index contributed by atoms with van der Waals surface area (Å²) < 4.78 is 12.1. The molecule has 21 heavy (non-hydrogen) atoms. The fourth-order valence-electron chi connectivity index (χ4n) is 2.55. The summed E-state index contributed by atoms with van der Waals surface area (Å²) in [4.78, 5) is 24.8. The number of ketones is 1. The fraction of sp³-hybridized carbons (Fsp3) is 0.643. The molecule has 0 amide bonds. The molecular formula is C14H19ClN2O4. The molecule has 0 radical (unpaired) electrons. The maximum absolute atomic E-state index is 12.4. The van der Waals surface area contributed by atoms with Crippen LogP contribution < -0.4 is 0 Å². The van der Waals surface area contributed by atoms with Gasteiger partial charge in [-0.3, -0.25) is 14.3 Å². The van der Waals surface area contributed by atoms with Crippen molar-refractivity contribution in [3.05, 3.63) is 16.4 Å². The van der Waals surface area contributed by atoms with E-state index in [0.717, 1.165) is 0 Å². The second-order valence-corrected chi connectivity index (χ2v) is 5.55. The predicted octanol–water partition coefficient (Wildman–Crippen LogP) is 1.46. The lowest BCUT2D eigenvalue weighted by molar-refractivity contribution is -0.169. The molecule has 0 saturated carbocycles. The molecule has 1 aliphatic heterocycles. The van der Waals surface area contributed by atoms with E-state index in [-0.39, 0.29) is 31.8 Å². The van der Waals surface area contributed by atoms with Crippen LogP contribution in [0.1, 0.15) is 24.7 Å². The Bertz CT molecular complexity index is 570. The van der Waals surface area contributed by atoms with Crippen molar-refractivity contribution >= 4 is 23.4 Å². The van der Waals surface area contributed by atoms with Crippen LogP contribution in [0.25, 0.3) is 0 Å². The molecule has 0 aromatic carbocycles. The number of hydrogen-bond donors (Lipinski definition) is 0. The predicted molar refractivity (Wildman–Crippen MR) is 76.2 cm³/mol. The maximum atomic E-state index is 12.4. The van der Waals surface area contributed by atoms with Crippen LogP contribution in [-0.4, -0.2) is 41.4 Å². The Morgan fingerprint density at radius 3 is 2.81 bits per heavy atom. The minimum atomic E-state index is -1.32. The van der Waals surface area contributed by atoms with Crippen LogP contribution in [0.2, 0.25) is 5.02 Å². The van der Waals surface area contributed by atoms with Gasteiger partial charge in [-0.15, -0.1) is 0 Å². The molecule has 1 saturated heterocycles. The second kappa shape index (κ2) is 6.15. The van der Waals surface area contributed by atoms with E-state index in [9.17, 15) is 9.59 Å². The number of halogens is 1. The van der Waals surface area contributed by atoms with Crippen LogP contribution >= 0.6 is 11.6 Å². The van der Waals surface area contributed by atoms with Gasteiger partial charge in [-0.05, 0) is 13.8 Å². The Balaban J connectivity index is 2.40. The summed E-state index contributed by atoms with van der Waals surface area (Å²) in [6, 6.07) is 0. The maximum Gasteiger partial charge on any atom is 0.322 e. The molecule has 0 N–H and O–H groups in total. The van der Waals surface area contributed by atoms with Crippen LogP contribution in [0, 0.1) is 12.3 Å². The molecule has 1 aromatic heterocycles. The van der Waals surface area contributed by atoms with Crippen LogP contribution in [-0.2, 0) is 32.5 Å². The smallest absolute Gasteiger partial charge is 0.322 e. The number of esters is 1. The largest absolute Gasteiger partial charge is 0.465 e. The SMILES string of the molecule is CCOC(=O)C1(Cc2c(Cl)c(C)nn2C)COCCC1=O. The fourth-order valence-corrected chi connectivity index (χ4v) is 2.78. The number of rotatable bonds is 4. The third-order valence-corrected chi connectivity index (χ3v) is 4.24. The highest BCUT2D eigenvalue weighted by atomic mass is 35.5. The molecule has 1 unspecified atom stereocenters. The van der Waals surface area contributed by atoms with Crippen molar-refractivity contribution in [2.75, 3.05) is 19.8 Å². The van der Waals surface area contributed by atoms with Gasteiger partial charge in [-0.25, -0.2) is 0 Å². The lowest BCUT2D eigenvalue weighted by Gasteiger charge is -2.33. The molecule has 2 rings (SSSR count). The summed E-state index contributed by atoms with van der Waals surface area (Å²) >= 11 is 6.24. The summed E-state index contributed by atoms with van der Waals surface area (Å²) in [5.41, 5.74) is -0.0172. The van der Waals surface area contributed by atoms with Gasteiger partial charge in [0.2, 0.25) is 0 Å². The Kier molecular flexibility index (Phi) is 4.68. The van der Waals surface area contributed by atoms with E-state index >= 15 is 0 Å². The third kappa shape index (κ3) is 2.82. The summed E-state index contributed by atoms with van der Waals surface area (Å²) in [7, 11) is 1.74. The summed E-state index contributed by atoms with van der Waals surface area (Å²) in [6.07, 6.45) is 0.341. The zero-order valence-electron chi connectivity index (χ0n) is 12.4. The number of aryl methyl sites for hydroxylation is 2. The number of nitrogens with zero attached hydrogens (tertiary/aromatic N) is 2. The van der Waals surface area contributed by atoms with Crippen LogP contribution in [0.4, 0.5) is 0 Å². The highest BCUT2D eigenvalue weighted by Gasteiger charge is 2.50. The van der Waals surface area contributed by atoms with Crippen LogP contribution in [0.5, 0.6) is 0 Å². The van der Waals surface area contributed by atoms with Gasteiger partial charge in [0.05, 0.1) is 36.2 Å². The molecular weight excluding hydrogens is 296 g/mol. The molecule has 1 fully saturated rings. The lowest BCUT2D eigenvalue weighted by atomic mass is 9.77. The zero-order valence-corrected chi connectivity index (χ0v) is 13.2. The Labute approximate surface area is 128 Å². The first-order chi connectivity index (χ1) is 9.92. The van der Waals surface area contributed by atoms with Gasteiger partial charge in [0.25, 0.3) is 0 Å².